The Hall–Kier alpha value is -4.00. The zero-order chi connectivity index (χ0) is 21.3. The lowest BCUT2D eigenvalue weighted by Crippen LogP contribution is -2.33. The molecule has 7 heteroatoms. The molecule has 152 valence electrons. The summed E-state index contributed by atoms with van der Waals surface area (Å²) in [6.07, 6.45) is 0.579. The highest BCUT2D eigenvalue weighted by Gasteiger charge is 2.18. The fraction of sp³-hybridized carbons (Fsp3) is 0.130. The van der Waals surface area contributed by atoms with Gasteiger partial charge in [-0.05, 0) is 23.6 Å². The molecule has 0 bridgehead atoms. The van der Waals surface area contributed by atoms with E-state index in [9.17, 15) is 19.7 Å². The fourth-order valence-electron chi connectivity index (χ4n) is 2.98. The molecule has 0 saturated heterocycles. The molecule has 1 atom stereocenters. The minimum atomic E-state index is -0.798. The molecule has 3 aromatic rings. The van der Waals surface area contributed by atoms with Gasteiger partial charge in [-0.15, -0.1) is 0 Å². The van der Waals surface area contributed by atoms with E-state index in [4.69, 9.17) is 4.74 Å². The first-order chi connectivity index (χ1) is 14.5. The minimum absolute atomic E-state index is 0.0147. The Labute approximate surface area is 173 Å². The molecule has 0 aliphatic carbocycles. The van der Waals surface area contributed by atoms with Gasteiger partial charge in [0.05, 0.1) is 16.5 Å². The molecule has 3 aromatic carbocycles. The van der Waals surface area contributed by atoms with Crippen molar-refractivity contribution in [1.29, 1.82) is 0 Å². The average Bonchev–Trinajstić information content (AvgIpc) is 2.78. The van der Waals surface area contributed by atoms with Gasteiger partial charge in [0.15, 0.2) is 6.61 Å². The molecule has 1 amide bonds. The lowest BCUT2D eigenvalue weighted by atomic mass is 9.99. The number of nitro benzene ring substituents is 1. The Morgan fingerprint density at radius 3 is 2.27 bits per heavy atom. The lowest BCUT2D eigenvalue weighted by molar-refractivity contribution is -0.384. The van der Waals surface area contributed by atoms with Crippen LogP contribution in [0, 0.1) is 10.1 Å². The standard InChI is InChI=1S/C23H20N2O5/c26-22(16-30-23(27)19-12-7-13-20(15-19)25(28)29)24-21(18-10-5-2-6-11-18)14-17-8-3-1-4-9-17/h1-13,15,21H,14,16H2,(H,24,26)/t21-/m1/s1. The third-order valence-corrected chi connectivity index (χ3v) is 4.45. The van der Waals surface area contributed by atoms with Gasteiger partial charge in [-0.3, -0.25) is 14.9 Å². The summed E-state index contributed by atoms with van der Waals surface area (Å²) in [5, 5.41) is 13.7. The summed E-state index contributed by atoms with van der Waals surface area (Å²) in [5.74, 6) is -1.26. The molecular formula is C23H20N2O5. The smallest absolute Gasteiger partial charge is 0.338 e. The number of benzene rings is 3. The zero-order valence-corrected chi connectivity index (χ0v) is 16.1. The highest BCUT2D eigenvalue weighted by Crippen LogP contribution is 2.18. The predicted molar refractivity (Wildman–Crippen MR) is 111 cm³/mol. The first-order valence-electron chi connectivity index (χ1n) is 9.33. The van der Waals surface area contributed by atoms with Crippen LogP contribution in [-0.4, -0.2) is 23.4 Å². The van der Waals surface area contributed by atoms with Crippen LogP contribution in [0.15, 0.2) is 84.9 Å². The molecule has 0 unspecified atom stereocenters. The molecular weight excluding hydrogens is 384 g/mol. The van der Waals surface area contributed by atoms with Crippen molar-refractivity contribution in [3.05, 3.63) is 112 Å². The van der Waals surface area contributed by atoms with Crippen molar-refractivity contribution in [3.63, 3.8) is 0 Å². The number of nitrogens with zero attached hydrogens (tertiary/aromatic N) is 1. The molecule has 3 rings (SSSR count). The SMILES string of the molecule is O=C(COC(=O)c1cccc([N+](=O)[O-])c1)N[C@H](Cc1ccccc1)c1ccccc1. The van der Waals surface area contributed by atoms with E-state index < -0.39 is 23.4 Å². The first-order valence-corrected chi connectivity index (χ1v) is 9.33. The first kappa shape index (κ1) is 20.7. The summed E-state index contributed by atoms with van der Waals surface area (Å²) < 4.78 is 5.04. The van der Waals surface area contributed by atoms with Crippen LogP contribution in [0.1, 0.15) is 27.5 Å². The Balaban J connectivity index is 1.63. The van der Waals surface area contributed by atoms with E-state index >= 15 is 0 Å². The van der Waals surface area contributed by atoms with Gasteiger partial charge in [0, 0.05) is 12.1 Å². The number of nitro groups is 1. The van der Waals surface area contributed by atoms with Gasteiger partial charge in [0.25, 0.3) is 11.6 Å². The zero-order valence-electron chi connectivity index (χ0n) is 16.1. The number of esters is 1. The molecule has 30 heavy (non-hydrogen) atoms. The Bertz CT molecular complexity index is 1020. The lowest BCUT2D eigenvalue weighted by Gasteiger charge is -2.19. The molecule has 0 fully saturated rings. The molecule has 0 aliphatic heterocycles. The van der Waals surface area contributed by atoms with Crippen LogP contribution in [0.25, 0.3) is 0 Å². The van der Waals surface area contributed by atoms with Crippen molar-refractivity contribution in [2.24, 2.45) is 0 Å². The molecule has 0 heterocycles. The van der Waals surface area contributed by atoms with Crippen molar-refractivity contribution in [3.8, 4) is 0 Å². The number of hydrogen-bond acceptors (Lipinski definition) is 5. The topological polar surface area (TPSA) is 98.5 Å². The number of carbonyl (C=O) groups excluding carboxylic acids is 2. The number of nitrogens with one attached hydrogen (secondary N) is 1. The normalized spacial score (nSPS) is 11.3. The summed E-state index contributed by atoms with van der Waals surface area (Å²) in [4.78, 5) is 34.8. The van der Waals surface area contributed by atoms with Crippen LogP contribution in [-0.2, 0) is 16.0 Å². The quantitative estimate of drug-likeness (QED) is 0.349. The minimum Gasteiger partial charge on any atom is -0.452 e. The number of rotatable bonds is 8. The number of amides is 1. The predicted octanol–water partition coefficient (Wildman–Crippen LogP) is 3.85. The van der Waals surface area contributed by atoms with E-state index in [0.29, 0.717) is 6.42 Å². The molecule has 0 aliphatic rings. The molecule has 1 N–H and O–H groups in total. The molecule has 0 radical (unpaired) electrons. The van der Waals surface area contributed by atoms with E-state index in [-0.39, 0.29) is 17.3 Å². The van der Waals surface area contributed by atoms with Gasteiger partial charge < -0.3 is 10.1 Å². The highest BCUT2D eigenvalue weighted by atomic mass is 16.6. The second-order valence-corrected chi connectivity index (χ2v) is 6.60. The maximum Gasteiger partial charge on any atom is 0.338 e. The van der Waals surface area contributed by atoms with E-state index in [2.05, 4.69) is 5.32 Å². The molecule has 7 nitrogen and oxygen atoms in total. The van der Waals surface area contributed by atoms with Crippen LogP contribution in [0.3, 0.4) is 0 Å². The van der Waals surface area contributed by atoms with Crippen LogP contribution in [0.2, 0.25) is 0 Å². The number of ether oxygens (including phenoxy) is 1. The van der Waals surface area contributed by atoms with Gasteiger partial charge >= 0.3 is 5.97 Å². The fourth-order valence-corrected chi connectivity index (χ4v) is 2.98. The Morgan fingerprint density at radius 2 is 1.60 bits per heavy atom. The molecule has 0 aromatic heterocycles. The van der Waals surface area contributed by atoms with Crippen molar-refractivity contribution < 1.29 is 19.2 Å². The maximum absolute atomic E-state index is 12.4. The third-order valence-electron chi connectivity index (χ3n) is 4.45. The number of non-ortho nitro benzene ring substituents is 1. The van der Waals surface area contributed by atoms with Gasteiger partial charge in [0.2, 0.25) is 0 Å². The van der Waals surface area contributed by atoms with E-state index in [1.165, 1.54) is 18.2 Å². The van der Waals surface area contributed by atoms with Crippen molar-refractivity contribution in [2.45, 2.75) is 12.5 Å². The Morgan fingerprint density at radius 1 is 0.933 bits per heavy atom. The van der Waals surface area contributed by atoms with Crippen LogP contribution < -0.4 is 5.32 Å². The van der Waals surface area contributed by atoms with Crippen LogP contribution in [0.4, 0.5) is 5.69 Å². The van der Waals surface area contributed by atoms with E-state index in [0.717, 1.165) is 17.2 Å². The van der Waals surface area contributed by atoms with Crippen molar-refractivity contribution in [2.75, 3.05) is 6.61 Å². The highest BCUT2D eigenvalue weighted by molar-refractivity contribution is 5.92. The van der Waals surface area contributed by atoms with E-state index in [1.54, 1.807) is 0 Å². The second kappa shape index (κ2) is 9.97. The number of hydrogen-bond donors (Lipinski definition) is 1. The largest absolute Gasteiger partial charge is 0.452 e. The summed E-state index contributed by atoms with van der Waals surface area (Å²) >= 11 is 0. The number of carbonyl (C=O) groups is 2. The van der Waals surface area contributed by atoms with Gasteiger partial charge in [-0.1, -0.05) is 66.7 Å². The van der Waals surface area contributed by atoms with Crippen molar-refractivity contribution >= 4 is 17.6 Å². The molecule has 0 spiro atoms. The summed E-state index contributed by atoms with van der Waals surface area (Å²) in [5.41, 5.74) is 1.78. The average molecular weight is 404 g/mol. The summed E-state index contributed by atoms with van der Waals surface area (Å²) in [6.45, 7) is -0.486. The summed E-state index contributed by atoms with van der Waals surface area (Å²) in [7, 11) is 0. The van der Waals surface area contributed by atoms with Crippen molar-refractivity contribution in [1.82, 2.24) is 5.32 Å². The van der Waals surface area contributed by atoms with Gasteiger partial charge in [-0.2, -0.15) is 0 Å². The summed E-state index contributed by atoms with van der Waals surface area (Å²) in [6, 6.07) is 24.1. The second-order valence-electron chi connectivity index (χ2n) is 6.60. The maximum atomic E-state index is 12.4. The Kier molecular flexibility index (Phi) is 6.89. The van der Waals surface area contributed by atoms with Gasteiger partial charge in [-0.25, -0.2) is 4.79 Å². The van der Waals surface area contributed by atoms with Gasteiger partial charge in [0.1, 0.15) is 0 Å². The van der Waals surface area contributed by atoms with E-state index in [1.807, 2.05) is 60.7 Å². The van der Waals surface area contributed by atoms with Crippen LogP contribution in [0.5, 0.6) is 0 Å². The monoisotopic (exact) mass is 404 g/mol. The molecule has 0 saturated carbocycles. The van der Waals surface area contributed by atoms with Crippen LogP contribution >= 0.6 is 0 Å². The third kappa shape index (κ3) is 5.75.